The van der Waals surface area contributed by atoms with Crippen LogP contribution in [0.4, 0.5) is 8.78 Å². The smallest absolute Gasteiger partial charge is 0.248 e. The molecular formula is C17H24F2N2. The Morgan fingerprint density at radius 2 is 1.86 bits per heavy atom. The average Bonchev–Trinajstić information content (AvgIpc) is 2.40. The molecule has 2 nitrogen and oxygen atoms in total. The molecule has 1 unspecified atom stereocenters. The van der Waals surface area contributed by atoms with E-state index in [4.69, 9.17) is 5.84 Å². The molecule has 116 valence electrons. The number of hydrogen-bond acceptors (Lipinski definition) is 2. The van der Waals surface area contributed by atoms with Gasteiger partial charge < -0.3 is 0 Å². The maximum Gasteiger partial charge on any atom is 0.248 e. The summed E-state index contributed by atoms with van der Waals surface area (Å²) in [7, 11) is 0. The van der Waals surface area contributed by atoms with E-state index in [9.17, 15) is 8.78 Å². The minimum Gasteiger partial charge on any atom is -0.271 e. The van der Waals surface area contributed by atoms with Crippen molar-refractivity contribution in [3.05, 3.63) is 35.4 Å². The van der Waals surface area contributed by atoms with Crippen LogP contribution in [0, 0.1) is 5.92 Å². The fourth-order valence-corrected chi connectivity index (χ4v) is 3.65. The summed E-state index contributed by atoms with van der Waals surface area (Å²) in [4.78, 5) is 0. The highest BCUT2D eigenvalue weighted by Crippen LogP contribution is 2.42. The number of benzene rings is 1. The molecule has 2 fully saturated rings. The second-order valence-electron chi connectivity index (χ2n) is 6.64. The van der Waals surface area contributed by atoms with Crippen LogP contribution >= 0.6 is 0 Å². The van der Waals surface area contributed by atoms with Crippen LogP contribution in [0.2, 0.25) is 0 Å². The van der Waals surface area contributed by atoms with Crippen LogP contribution in [0.25, 0.3) is 0 Å². The van der Waals surface area contributed by atoms with Gasteiger partial charge in [-0.1, -0.05) is 30.7 Å². The van der Waals surface area contributed by atoms with E-state index < -0.39 is 5.92 Å². The number of rotatable bonds is 4. The molecule has 3 rings (SSSR count). The summed E-state index contributed by atoms with van der Waals surface area (Å²) in [6, 6.07) is 8.53. The number of hydrazine groups is 1. The molecule has 1 atom stereocenters. The fraction of sp³-hybridized carbons (Fsp3) is 0.647. The van der Waals surface area contributed by atoms with Crippen LogP contribution in [0.5, 0.6) is 0 Å². The first-order valence-electron chi connectivity index (χ1n) is 8.03. The van der Waals surface area contributed by atoms with Gasteiger partial charge in [0.25, 0.3) is 0 Å². The molecule has 0 aliphatic heterocycles. The highest BCUT2D eigenvalue weighted by atomic mass is 19.3. The van der Waals surface area contributed by atoms with Crippen molar-refractivity contribution in [2.45, 2.75) is 62.8 Å². The molecule has 4 heteroatoms. The first-order valence-corrected chi connectivity index (χ1v) is 8.03. The van der Waals surface area contributed by atoms with E-state index in [-0.39, 0.29) is 24.8 Å². The van der Waals surface area contributed by atoms with Gasteiger partial charge in [-0.15, -0.1) is 0 Å². The molecule has 0 saturated heterocycles. The molecule has 1 aromatic carbocycles. The Hall–Kier alpha value is -1.00. The standard InChI is InChI=1S/C17H24F2N2/c18-17(19)9-7-13(8-10-17)16(21-20)15-6-2-5-14(11-15)12-3-1-4-12/h2,5-6,11-13,16,21H,1,3-4,7-10,20H2. The van der Waals surface area contributed by atoms with Crippen molar-refractivity contribution >= 4 is 0 Å². The Balaban J connectivity index is 1.73. The largest absolute Gasteiger partial charge is 0.271 e. The predicted molar refractivity (Wildman–Crippen MR) is 80.0 cm³/mol. The lowest BCUT2D eigenvalue weighted by Crippen LogP contribution is -2.37. The van der Waals surface area contributed by atoms with Crippen LogP contribution < -0.4 is 11.3 Å². The monoisotopic (exact) mass is 294 g/mol. The minimum atomic E-state index is -2.48. The molecule has 2 aliphatic carbocycles. The Morgan fingerprint density at radius 1 is 1.14 bits per heavy atom. The Labute approximate surface area is 125 Å². The molecule has 0 bridgehead atoms. The summed E-state index contributed by atoms with van der Waals surface area (Å²) in [5.74, 6) is 4.14. The lowest BCUT2D eigenvalue weighted by molar-refractivity contribution is -0.0497. The molecule has 0 amide bonds. The van der Waals surface area contributed by atoms with Crippen LogP contribution in [-0.4, -0.2) is 5.92 Å². The predicted octanol–water partition coefficient (Wildman–Crippen LogP) is 4.28. The summed E-state index contributed by atoms with van der Waals surface area (Å²) < 4.78 is 26.6. The molecule has 0 aromatic heterocycles. The first-order chi connectivity index (χ1) is 10.1. The van der Waals surface area contributed by atoms with Crippen molar-refractivity contribution in [1.82, 2.24) is 5.43 Å². The normalized spacial score (nSPS) is 24.5. The molecule has 0 heterocycles. The van der Waals surface area contributed by atoms with Crippen molar-refractivity contribution in [3.63, 3.8) is 0 Å². The Kier molecular flexibility index (Phi) is 4.27. The van der Waals surface area contributed by atoms with E-state index in [1.807, 2.05) is 0 Å². The third-order valence-electron chi connectivity index (χ3n) is 5.26. The summed E-state index contributed by atoms with van der Waals surface area (Å²) >= 11 is 0. The van der Waals surface area contributed by atoms with Crippen molar-refractivity contribution in [2.24, 2.45) is 11.8 Å². The Bertz CT molecular complexity index is 475. The fourth-order valence-electron chi connectivity index (χ4n) is 3.65. The Morgan fingerprint density at radius 3 is 2.43 bits per heavy atom. The molecule has 0 radical (unpaired) electrons. The zero-order valence-corrected chi connectivity index (χ0v) is 12.3. The molecule has 2 aliphatic rings. The van der Waals surface area contributed by atoms with Crippen molar-refractivity contribution in [1.29, 1.82) is 0 Å². The highest BCUT2D eigenvalue weighted by molar-refractivity contribution is 5.30. The van der Waals surface area contributed by atoms with Gasteiger partial charge in [-0.3, -0.25) is 11.3 Å². The van der Waals surface area contributed by atoms with E-state index in [1.54, 1.807) is 0 Å². The second kappa shape index (κ2) is 6.01. The maximum atomic E-state index is 13.3. The molecular weight excluding hydrogens is 270 g/mol. The van der Waals surface area contributed by atoms with Gasteiger partial charge in [0.2, 0.25) is 5.92 Å². The summed E-state index contributed by atoms with van der Waals surface area (Å²) in [5.41, 5.74) is 5.40. The lowest BCUT2D eigenvalue weighted by atomic mass is 9.77. The SMILES string of the molecule is NNC(c1cccc(C2CCC2)c1)C1CCC(F)(F)CC1. The number of halogens is 2. The van der Waals surface area contributed by atoms with E-state index in [1.165, 1.54) is 24.8 Å². The van der Waals surface area contributed by atoms with Gasteiger partial charge >= 0.3 is 0 Å². The molecule has 3 N–H and O–H groups in total. The quantitative estimate of drug-likeness (QED) is 0.642. The van der Waals surface area contributed by atoms with Crippen molar-refractivity contribution < 1.29 is 8.78 Å². The van der Waals surface area contributed by atoms with E-state index >= 15 is 0 Å². The molecule has 1 aromatic rings. The third kappa shape index (κ3) is 3.27. The van der Waals surface area contributed by atoms with Gasteiger partial charge in [-0.25, -0.2) is 8.78 Å². The van der Waals surface area contributed by atoms with E-state index in [0.29, 0.717) is 18.8 Å². The zero-order valence-electron chi connectivity index (χ0n) is 12.3. The van der Waals surface area contributed by atoms with E-state index in [0.717, 1.165) is 5.56 Å². The first kappa shape index (κ1) is 14.9. The van der Waals surface area contributed by atoms with Crippen LogP contribution in [0.15, 0.2) is 24.3 Å². The molecule has 21 heavy (non-hydrogen) atoms. The topological polar surface area (TPSA) is 38.0 Å². The minimum absolute atomic E-state index is 0.0128. The summed E-state index contributed by atoms with van der Waals surface area (Å²) in [6.45, 7) is 0. The van der Waals surface area contributed by atoms with Crippen molar-refractivity contribution in [2.75, 3.05) is 0 Å². The molecule has 2 saturated carbocycles. The third-order valence-corrected chi connectivity index (χ3v) is 5.26. The zero-order chi connectivity index (χ0) is 14.9. The number of alkyl halides is 2. The summed E-state index contributed by atoms with van der Waals surface area (Å²) in [5, 5.41) is 0. The van der Waals surface area contributed by atoms with Gasteiger partial charge in [0, 0.05) is 18.9 Å². The van der Waals surface area contributed by atoms with E-state index in [2.05, 4.69) is 29.7 Å². The van der Waals surface area contributed by atoms with Gasteiger partial charge in [0.15, 0.2) is 0 Å². The van der Waals surface area contributed by atoms with Gasteiger partial charge in [0.1, 0.15) is 0 Å². The second-order valence-corrected chi connectivity index (χ2v) is 6.64. The maximum absolute atomic E-state index is 13.3. The lowest BCUT2D eigenvalue weighted by Gasteiger charge is -2.34. The molecule has 0 spiro atoms. The number of nitrogens with one attached hydrogen (secondary N) is 1. The van der Waals surface area contributed by atoms with Crippen LogP contribution in [0.3, 0.4) is 0 Å². The average molecular weight is 294 g/mol. The number of nitrogens with two attached hydrogens (primary N) is 1. The number of hydrogen-bond donors (Lipinski definition) is 2. The van der Waals surface area contributed by atoms with Gasteiger partial charge in [-0.05, 0) is 48.6 Å². The summed E-state index contributed by atoms with van der Waals surface area (Å²) in [6.07, 6.45) is 4.88. The van der Waals surface area contributed by atoms with Crippen LogP contribution in [-0.2, 0) is 0 Å². The highest BCUT2D eigenvalue weighted by Gasteiger charge is 2.37. The van der Waals surface area contributed by atoms with Gasteiger partial charge in [0.05, 0.1) is 0 Å². The van der Waals surface area contributed by atoms with Crippen LogP contribution in [0.1, 0.15) is 68.0 Å². The van der Waals surface area contributed by atoms with Gasteiger partial charge in [-0.2, -0.15) is 0 Å². The van der Waals surface area contributed by atoms with Crippen molar-refractivity contribution in [3.8, 4) is 0 Å².